The van der Waals surface area contributed by atoms with Crippen LogP contribution in [0.25, 0.3) is 21.7 Å². The molecule has 0 saturated carbocycles. The number of nitrogens with zero attached hydrogens (tertiary/aromatic N) is 2. The Bertz CT molecular complexity index is 925. The van der Waals surface area contributed by atoms with Crippen LogP contribution >= 0.6 is 11.3 Å². The van der Waals surface area contributed by atoms with Gasteiger partial charge >= 0.3 is 0 Å². The topological polar surface area (TPSA) is 102 Å². The fraction of sp³-hybridized carbons (Fsp3) is 0.231. The molecule has 3 N–H and O–H groups in total. The molecule has 0 aliphatic carbocycles. The standard InChI is InChI=1S/C13H14N4O2S2/c1-7-12(20-11(6-14)15-7)13-16-9-4-3-8(21(2,18)19)5-10(9)17-13/h3-5H,6,14H2,1-2H3,(H,16,17). The molecule has 0 amide bonds. The lowest BCUT2D eigenvalue weighted by atomic mass is 10.3. The molecule has 0 aliphatic heterocycles. The average Bonchev–Trinajstić information content (AvgIpc) is 2.99. The minimum atomic E-state index is -3.23. The zero-order valence-corrected chi connectivity index (χ0v) is 13.2. The molecule has 8 heteroatoms. The van der Waals surface area contributed by atoms with Gasteiger partial charge in [0.1, 0.15) is 5.01 Å². The van der Waals surface area contributed by atoms with Gasteiger partial charge in [-0.25, -0.2) is 18.4 Å². The fourth-order valence-electron chi connectivity index (χ4n) is 2.09. The minimum Gasteiger partial charge on any atom is -0.337 e. The van der Waals surface area contributed by atoms with Crippen LogP contribution in [-0.4, -0.2) is 29.6 Å². The Morgan fingerprint density at radius 2 is 2.10 bits per heavy atom. The van der Waals surface area contributed by atoms with Gasteiger partial charge in [-0.3, -0.25) is 0 Å². The zero-order valence-electron chi connectivity index (χ0n) is 11.5. The summed E-state index contributed by atoms with van der Waals surface area (Å²) >= 11 is 1.49. The van der Waals surface area contributed by atoms with E-state index in [0.29, 0.717) is 17.9 Å². The normalized spacial score (nSPS) is 12.1. The zero-order chi connectivity index (χ0) is 15.2. The van der Waals surface area contributed by atoms with Crippen LogP contribution in [0.5, 0.6) is 0 Å². The third-order valence-electron chi connectivity index (χ3n) is 3.11. The van der Waals surface area contributed by atoms with Crippen LogP contribution in [0.15, 0.2) is 23.1 Å². The highest BCUT2D eigenvalue weighted by Crippen LogP contribution is 2.29. The van der Waals surface area contributed by atoms with Crippen molar-refractivity contribution >= 4 is 32.2 Å². The van der Waals surface area contributed by atoms with Gasteiger partial charge in [0.25, 0.3) is 0 Å². The number of benzene rings is 1. The molecule has 3 aromatic rings. The number of aromatic amines is 1. The molecule has 0 aliphatic rings. The first-order chi connectivity index (χ1) is 9.88. The Hall–Kier alpha value is -1.77. The van der Waals surface area contributed by atoms with Gasteiger partial charge in [0.15, 0.2) is 15.7 Å². The van der Waals surface area contributed by atoms with Crippen molar-refractivity contribution in [1.82, 2.24) is 15.0 Å². The van der Waals surface area contributed by atoms with Crippen LogP contribution in [0.2, 0.25) is 0 Å². The fourth-order valence-corrected chi connectivity index (χ4v) is 3.62. The molecule has 6 nitrogen and oxygen atoms in total. The number of aryl methyl sites for hydroxylation is 1. The van der Waals surface area contributed by atoms with Crippen LogP contribution < -0.4 is 5.73 Å². The van der Waals surface area contributed by atoms with Gasteiger partial charge in [-0.15, -0.1) is 11.3 Å². The first kappa shape index (κ1) is 14.2. The highest BCUT2D eigenvalue weighted by atomic mass is 32.2. The molecule has 110 valence electrons. The summed E-state index contributed by atoms with van der Waals surface area (Å²) in [5.41, 5.74) is 7.88. The number of aromatic nitrogens is 3. The number of nitrogens with one attached hydrogen (secondary N) is 1. The maximum absolute atomic E-state index is 11.6. The third kappa shape index (κ3) is 2.57. The molecule has 0 spiro atoms. The van der Waals surface area contributed by atoms with E-state index in [9.17, 15) is 8.42 Å². The van der Waals surface area contributed by atoms with Crippen molar-refractivity contribution in [2.45, 2.75) is 18.4 Å². The molecule has 2 heterocycles. The number of hydrogen-bond donors (Lipinski definition) is 2. The number of fused-ring (bicyclic) bond motifs is 1. The molecule has 0 radical (unpaired) electrons. The molecular weight excluding hydrogens is 308 g/mol. The molecule has 0 atom stereocenters. The van der Waals surface area contributed by atoms with E-state index in [2.05, 4.69) is 15.0 Å². The van der Waals surface area contributed by atoms with E-state index < -0.39 is 9.84 Å². The molecule has 0 saturated heterocycles. The summed E-state index contributed by atoms with van der Waals surface area (Å²) in [5, 5.41) is 0.847. The SMILES string of the molecule is Cc1nc(CN)sc1-c1nc2ccc(S(C)(=O)=O)cc2[nH]1. The van der Waals surface area contributed by atoms with Gasteiger partial charge in [-0.1, -0.05) is 0 Å². The van der Waals surface area contributed by atoms with Crippen molar-refractivity contribution in [3.05, 3.63) is 28.9 Å². The minimum absolute atomic E-state index is 0.272. The van der Waals surface area contributed by atoms with Gasteiger partial charge in [0, 0.05) is 12.8 Å². The van der Waals surface area contributed by atoms with Crippen molar-refractivity contribution in [3.8, 4) is 10.7 Å². The van der Waals surface area contributed by atoms with Crippen LogP contribution in [0, 0.1) is 6.92 Å². The van der Waals surface area contributed by atoms with E-state index in [0.717, 1.165) is 21.1 Å². The van der Waals surface area contributed by atoms with Gasteiger partial charge in [0.05, 0.1) is 26.5 Å². The highest BCUT2D eigenvalue weighted by molar-refractivity contribution is 7.90. The quantitative estimate of drug-likeness (QED) is 0.766. The van der Waals surface area contributed by atoms with Crippen LogP contribution in [0.4, 0.5) is 0 Å². The van der Waals surface area contributed by atoms with E-state index in [-0.39, 0.29) is 4.90 Å². The smallest absolute Gasteiger partial charge is 0.175 e. The van der Waals surface area contributed by atoms with Gasteiger partial charge in [-0.2, -0.15) is 0 Å². The summed E-state index contributed by atoms with van der Waals surface area (Å²) in [6, 6.07) is 4.86. The average molecular weight is 322 g/mol. The first-order valence-corrected chi connectivity index (χ1v) is 8.96. The van der Waals surface area contributed by atoms with Crippen molar-refractivity contribution in [3.63, 3.8) is 0 Å². The summed E-state index contributed by atoms with van der Waals surface area (Å²) in [7, 11) is -3.23. The Morgan fingerprint density at radius 3 is 2.71 bits per heavy atom. The molecule has 3 rings (SSSR count). The van der Waals surface area contributed by atoms with Gasteiger partial charge < -0.3 is 10.7 Å². The number of H-pyrrole nitrogens is 1. The van der Waals surface area contributed by atoms with E-state index in [1.165, 1.54) is 17.6 Å². The summed E-state index contributed by atoms with van der Waals surface area (Å²) < 4.78 is 23.2. The molecule has 0 bridgehead atoms. The van der Waals surface area contributed by atoms with Crippen LogP contribution in [-0.2, 0) is 16.4 Å². The highest BCUT2D eigenvalue weighted by Gasteiger charge is 2.14. The molecular formula is C13H14N4O2S2. The van der Waals surface area contributed by atoms with Gasteiger partial charge in [-0.05, 0) is 25.1 Å². The number of hydrogen-bond acceptors (Lipinski definition) is 6. The second-order valence-corrected chi connectivity index (χ2v) is 7.86. The summed E-state index contributed by atoms with van der Waals surface area (Å²) in [5.74, 6) is 0.686. The Morgan fingerprint density at radius 1 is 1.33 bits per heavy atom. The molecule has 21 heavy (non-hydrogen) atoms. The summed E-state index contributed by atoms with van der Waals surface area (Å²) in [6.07, 6.45) is 1.19. The number of thiazole rings is 1. The van der Waals surface area contributed by atoms with Crippen molar-refractivity contribution in [2.75, 3.05) is 6.26 Å². The Balaban J connectivity index is 2.14. The predicted molar refractivity (Wildman–Crippen MR) is 82.9 cm³/mol. The number of rotatable bonds is 3. The first-order valence-electron chi connectivity index (χ1n) is 6.25. The summed E-state index contributed by atoms with van der Waals surface area (Å²) in [6.45, 7) is 2.30. The van der Waals surface area contributed by atoms with Crippen molar-refractivity contribution in [2.24, 2.45) is 5.73 Å². The number of sulfone groups is 1. The maximum Gasteiger partial charge on any atom is 0.175 e. The molecule has 0 fully saturated rings. The maximum atomic E-state index is 11.6. The van der Waals surface area contributed by atoms with Gasteiger partial charge in [0.2, 0.25) is 0 Å². The lowest BCUT2D eigenvalue weighted by molar-refractivity contribution is 0.602. The monoisotopic (exact) mass is 322 g/mol. The second-order valence-electron chi connectivity index (χ2n) is 4.76. The molecule has 2 aromatic heterocycles. The summed E-state index contributed by atoms with van der Waals surface area (Å²) in [4.78, 5) is 13.2. The van der Waals surface area contributed by atoms with Crippen molar-refractivity contribution < 1.29 is 8.42 Å². The van der Waals surface area contributed by atoms with E-state index in [4.69, 9.17) is 5.73 Å². The van der Waals surface area contributed by atoms with E-state index in [1.807, 2.05) is 6.92 Å². The predicted octanol–water partition coefficient (Wildman–Crippen LogP) is 1.86. The largest absolute Gasteiger partial charge is 0.337 e. The lowest BCUT2D eigenvalue weighted by Crippen LogP contribution is -1.96. The Kier molecular flexibility index (Phi) is 3.31. The Labute approximate surface area is 126 Å². The lowest BCUT2D eigenvalue weighted by Gasteiger charge is -1.96. The third-order valence-corrected chi connectivity index (χ3v) is 5.41. The van der Waals surface area contributed by atoms with Crippen molar-refractivity contribution in [1.29, 1.82) is 0 Å². The number of imidazole rings is 1. The van der Waals surface area contributed by atoms with E-state index in [1.54, 1.807) is 18.2 Å². The molecule has 1 aromatic carbocycles. The molecule has 0 unspecified atom stereocenters. The van der Waals surface area contributed by atoms with E-state index >= 15 is 0 Å². The van der Waals surface area contributed by atoms with Crippen LogP contribution in [0.3, 0.4) is 0 Å². The second kappa shape index (κ2) is 4.90. The van der Waals surface area contributed by atoms with Crippen LogP contribution in [0.1, 0.15) is 10.7 Å². The number of nitrogens with two attached hydrogens (primary N) is 1.